The average molecular weight is 227 g/mol. The number of hydrogen-bond donors (Lipinski definition) is 0. The molecule has 0 aromatic heterocycles. The molecule has 0 aromatic rings. The molecule has 0 aromatic carbocycles. The predicted molar refractivity (Wildman–Crippen MR) is 56.3 cm³/mol. The summed E-state index contributed by atoms with van der Waals surface area (Å²) in [4.78, 5) is 36.3. The molecule has 1 heterocycles. The lowest BCUT2D eigenvalue weighted by Gasteiger charge is -2.12. The maximum Gasteiger partial charge on any atom is 0.319 e. The molecule has 2 atom stereocenters. The number of carbonyl (C=O) groups excluding carboxylic acids is 3. The SMILES string of the molecule is CCCN1C(=O)C(C)C(C(=O)OCC)C1=O. The third kappa shape index (κ3) is 2.08. The molecule has 0 aliphatic carbocycles. The van der Waals surface area contributed by atoms with Crippen LogP contribution in [0.15, 0.2) is 0 Å². The van der Waals surface area contributed by atoms with Crippen LogP contribution in [0, 0.1) is 11.8 Å². The third-order valence-electron chi connectivity index (χ3n) is 2.68. The molecule has 0 radical (unpaired) electrons. The molecule has 90 valence electrons. The van der Waals surface area contributed by atoms with Gasteiger partial charge in [-0.1, -0.05) is 13.8 Å². The lowest BCUT2D eigenvalue weighted by atomic mass is 9.97. The molecule has 0 spiro atoms. The first-order valence-electron chi connectivity index (χ1n) is 5.56. The van der Waals surface area contributed by atoms with Crippen LogP contribution in [0.2, 0.25) is 0 Å². The van der Waals surface area contributed by atoms with E-state index in [1.165, 1.54) is 0 Å². The summed E-state index contributed by atoms with van der Waals surface area (Å²) in [5.41, 5.74) is 0. The van der Waals surface area contributed by atoms with Gasteiger partial charge in [0.2, 0.25) is 11.8 Å². The highest BCUT2D eigenvalue weighted by atomic mass is 16.5. The largest absolute Gasteiger partial charge is 0.465 e. The van der Waals surface area contributed by atoms with Crippen LogP contribution < -0.4 is 0 Å². The zero-order valence-corrected chi connectivity index (χ0v) is 9.86. The van der Waals surface area contributed by atoms with Crippen LogP contribution >= 0.6 is 0 Å². The molecule has 0 bridgehead atoms. The molecule has 0 saturated carbocycles. The molecule has 5 heteroatoms. The summed E-state index contributed by atoms with van der Waals surface area (Å²) in [5, 5.41) is 0. The molecule has 0 N–H and O–H groups in total. The van der Waals surface area contributed by atoms with E-state index in [1.54, 1.807) is 13.8 Å². The monoisotopic (exact) mass is 227 g/mol. The number of rotatable bonds is 4. The standard InChI is InChI=1S/C11H17NO4/c1-4-6-12-9(13)7(3)8(10(12)14)11(15)16-5-2/h7-8H,4-6H2,1-3H3. The minimum absolute atomic E-state index is 0.220. The van der Waals surface area contributed by atoms with Crippen LogP contribution in [0.1, 0.15) is 27.2 Å². The van der Waals surface area contributed by atoms with Gasteiger partial charge in [0.15, 0.2) is 0 Å². The minimum Gasteiger partial charge on any atom is -0.465 e. The van der Waals surface area contributed by atoms with Gasteiger partial charge < -0.3 is 4.74 Å². The number of amides is 2. The molecule has 1 aliphatic rings. The van der Waals surface area contributed by atoms with Crippen molar-refractivity contribution in [2.24, 2.45) is 11.8 Å². The van der Waals surface area contributed by atoms with Gasteiger partial charge in [0.25, 0.3) is 0 Å². The Hall–Kier alpha value is -1.39. The van der Waals surface area contributed by atoms with Gasteiger partial charge in [0.1, 0.15) is 5.92 Å². The van der Waals surface area contributed by atoms with E-state index in [9.17, 15) is 14.4 Å². The van der Waals surface area contributed by atoms with Crippen molar-refractivity contribution >= 4 is 17.8 Å². The predicted octanol–water partition coefficient (Wildman–Crippen LogP) is 0.581. The van der Waals surface area contributed by atoms with E-state index in [0.717, 1.165) is 4.90 Å². The molecule has 2 amide bonds. The Morgan fingerprint density at radius 1 is 1.31 bits per heavy atom. The summed E-state index contributed by atoms with van der Waals surface area (Å²) in [6, 6.07) is 0. The Labute approximate surface area is 94.7 Å². The highest BCUT2D eigenvalue weighted by Crippen LogP contribution is 2.27. The smallest absolute Gasteiger partial charge is 0.319 e. The number of esters is 1. The van der Waals surface area contributed by atoms with E-state index >= 15 is 0 Å². The maximum absolute atomic E-state index is 11.8. The minimum atomic E-state index is -0.945. The molecular weight excluding hydrogens is 210 g/mol. The number of carbonyl (C=O) groups is 3. The van der Waals surface area contributed by atoms with Gasteiger partial charge in [-0.25, -0.2) is 0 Å². The zero-order valence-electron chi connectivity index (χ0n) is 9.86. The van der Waals surface area contributed by atoms with Gasteiger partial charge in [-0.15, -0.1) is 0 Å². The van der Waals surface area contributed by atoms with Crippen LogP contribution in [-0.4, -0.2) is 35.8 Å². The number of imide groups is 1. The van der Waals surface area contributed by atoms with Gasteiger partial charge >= 0.3 is 5.97 Å². The Bertz CT molecular complexity index is 313. The fraction of sp³-hybridized carbons (Fsp3) is 0.727. The molecular formula is C11H17NO4. The van der Waals surface area contributed by atoms with Crippen LogP contribution in [0.25, 0.3) is 0 Å². The first-order chi connectivity index (χ1) is 7.54. The third-order valence-corrected chi connectivity index (χ3v) is 2.68. The lowest BCUT2D eigenvalue weighted by Crippen LogP contribution is -2.33. The lowest BCUT2D eigenvalue weighted by molar-refractivity contribution is -0.153. The van der Waals surface area contributed by atoms with E-state index in [1.807, 2.05) is 6.92 Å². The molecule has 5 nitrogen and oxygen atoms in total. The van der Waals surface area contributed by atoms with E-state index in [-0.39, 0.29) is 12.5 Å². The van der Waals surface area contributed by atoms with Crippen molar-refractivity contribution in [3.8, 4) is 0 Å². The second kappa shape index (κ2) is 5.09. The highest BCUT2D eigenvalue weighted by Gasteiger charge is 2.49. The van der Waals surface area contributed by atoms with Gasteiger partial charge in [-0.05, 0) is 13.3 Å². The zero-order chi connectivity index (χ0) is 12.3. The molecule has 16 heavy (non-hydrogen) atoms. The summed E-state index contributed by atoms with van der Waals surface area (Å²) in [6.07, 6.45) is 0.694. The summed E-state index contributed by atoms with van der Waals surface area (Å²) in [5.74, 6) is -2.83. The number of ether oxygens (including phenoxy) is 1. The maximum atomic E-state index is 11.8. The molecule has 1 fully saturated rings. The second-order valence-electron chi connectivity index (χ2n) is 3.85. The fourth-order valence-corrected chi connectivity index (χ4v) is 1.86. The first-order valence-corrected chi connectivity index (χ1v) is 5.56. The van der Waals surface area contributed by atoms with Crippen molar-refractivity contribution in [3.05, 3.63) is 0 Å². The van der Waals surface area contributed by atoms with Gasteiger partial charge in [0.05, 0.1) is 12.5 Å². The second-order valence-corrected chi connectivity index (χ2v) is 3.85. The molecule has 1 aliphatic heterocycles. The summed E-state index contributed by atoms with van der Waals surface area (Å²) in [6.45, 7) is 5.74. The van der Waals surface area contributed by atoms with Crippen molar-refractivity contribution in [3.63, 3.8) is 0 Å². The van der Waals surface area contributed by atoms with Crippen molar-refractivity contribution in [2.75, 3.05) is 13.2 Å². The normalized spacial score (nSPS) is 25.1. The fourth-order valence-electron chi connectivity index (χ4n) is 1.86. The molecule has 1 saturated heterocycles. The molecule has 2 unspecified atom stereocenters. The van der Waals surface area contributed by atoms with Crippen LogP contribution in [0.3, 0.4) is 0 Å². The number of nitrogens with zero attached hydrogens (tertiary/aromatic N) is 1. The number of hydrogen-bond acceptors (Lipinski definition) is 4. The van der Waals surface area contributed by atoms with E-state index in [4.69, 9.17) is 4.74 Å². The Morgan fingerprint density at radius 3 is 2.44 bits per heavy atom. The van der Waals surface area contributed by atoms with Crippen molar-refractivity contribution < 1.29 is 19.1 Å². The Kier molecular flexibility index (Phi) is 4.04. The Morgan fingerprint density at radius 2 is 1.94 bits per heavy atom. The Balaban J connectivity index is 2.84. The summed E-state index contributed by atoms with van der Waals surface area (Å²) in [7, 11) is 0. The van der Waals surface area contributed by atoms with Crippen LogP contribution in [-0.2, 0) is 19.1 Å². The summed E-state index contributed by atoms with van der Waals surface area (Å²) >= 11 is 0. The van der Waals surface area contributed by atoms with Crippen molar-refractivity contribution in [1.29, 1.82) is 0 Å². The van der Waals surface area contributed by atoms with Gasteiger partial charge in [0, 0.05) is 6.54 Å². The first kappa shape index (κ1) is 12.7. The highest BCUT2D eigenvalue weighted by molar-refractivity contribution is 6.13. The average Bonchev–Trinajstić information content (AvgIpc) is 2.44. The quantitative estimate of drug-likeness (QED) is 0.400. The van der Waals surface area contributed by atoms with E-state index in [2.05, 4.69) is 0 Å². The molecule has 1 rings (SSSR count). The van der Waals surface area contributed by atoms with Gasteiger partial charge in [-0.2, -0.15) is 0 Å². The van der Waals surface area contributed by atoms with E-state index < -0.39 is 23.7 Å². The van der Waals surface area contributed by atoms with Crippen LogP contribution in [0.5, 0.6) is 0 Å². The van der Waals surface area contributed by atoms with E-state index in [0.29, 0.717) is 13.0 Å². The van der Waals surface area contributed by atoms with Crippen molar-refractivity contribution in [2.45, 2.75) is 27.2 Å². The number of likely N-dealkylation sites (tertiary alicyclic amines) is 1. The van der Waals surface area contributed by atoms with Crippen molar-refractivity contribution in [1.82, 2.24) is 4.90 Å². The van der Waals surface area contributed by atoms with Gasteiger partial charge in [-0.3, -0.25) is 19.3 Å². The van der Waals surface area contributed by atoms with Crippen LogP contribution in [0.4, 0.5) is 0 Å². The topological polar surface area (TPSA) is 63.7 Å². The summed E-state index contributed by atoms with van der Waals surface area (Å²) < 4.78 is 4.80.